The molecule has 14 nitrogen and oxygen atoms in total. The Labute approximate surface area is 281 Å². The number of nitrogens with one attached hydrogen (secondary N) is 3. The van der Waals surface area contributed by atoms with E-state index in [4.69, 9.17) is 4.98 Å². The largest absolute Gasteiger partial charge is 0.395 e. The molecule has 1 saturated carbocycles. The lowest BCUT2D eigenvalue weighted by Gasteiger charge is -2.47. The van der Waals surface area contributed by atoms with Crippen LogP contribution in [0.15, 0.2) is 30.2 Å². The van der Waals surface area contributed by atoms with Gasteiger partial charge in [-0.2, -0.15) is 23.4 Å². The minimum absolute atomic E-state index is 0.0563. The van der Waals surface area contributed by atoms with Crippen LogP contribution in [0.5, 0.6) is 0 Å². The highest BCUT2D eigenvalue weighted by molar-refractivity contribution is 5.79. The van der Waals surface area contributed by atoms with Crippen molar-refractivity contribution in [3.63, 3.8) is 0 Å². The Kier molecular flexibility index (Phi) is 7.97. The smallest absolute Gasteiger partial charge is 0.364 e. The van der Waals surface area contributed by atoms with Crippen LogP contribution in [0, 0.1) is 22.7 Å². The number of likely N-dealkylation sites (tertiary alicyclic amines) is 2. The van der Waals surface area contributed by atoms with E-state index < -0.39 is 12.1 Å². The molecule has 7 heterocycles. The summed E-state index contributed by atoms with van der Waals surface area (Å²) in [5, 5.41) is 22.5. The lowest BCUT2D eigenvalue weighted by Crippen LogP contribution is -2.64. The van der Waals surface area contributed by atoms with E-state index in [1.54, 1.807) is 14.4 Å². The van der Waals surface area contributed by atoms with Crippen molar-refractivity contribution in [1.82, 2.24) is 45.0 Å². The number of aromatic nitrogens is 3. The highest BCUT2D eigenvalue weighted by atomic mass is 19.4. The van der Waals surface area contributed by atoms with Gasteiger partial charge in [-0.3, -0.25) is 4.79 Å². The average molecular weight is 683 g/mol. The van der Waals surface area contributed by atoms with E-state index in [1.807, 2.05) is 29.4 Å². The lowest BCUT2D eigenvalue weighted by atomic mass is 10.00. The van der Waals surface area contributed by atoms with Crippen LogP contribution in [-0.4, -0.2) is 129 Å². The second-order valence-corrected chi connectivity index (χ2v) is 14.4. The third-order valence-corrected chi connectivity index (χ3v) is 11.0. The molecule has 5 fully saturated rings. The number of nitrogens with zero attached hydrogens (tertiary/aromatic N) is 9. The van der Waals surface area contributed by atoms with Crippen molar-refractivity contribution in [2.24, 2.45) is 11.3 Å². The zero-order valence-electron chi connectivity index (χ0n) is 27.2. The van der Waals surface area contributed by atoms with E-state index >= 15 is 0 Å². The van der Waals surface area contributed by atoms with Gasteiger partial charge in [0.1, 0.15) is 6.54 Å². The number of hydrogen-bond acceptors (Lipinski definition) is 10. The number of piperidine rings is 1. The topological polar surface area (TPSA) is 140 Å². The number of pyridine rings is 1. The van der Waals surface area contributed by atoms with Crippen LogP contribution >= 0.6 is 0 Å². The number of carbonyl (C=O) groups excluding carboxylic acids is 2. The van der Waals surface area contributed by atoms with Crippen molar-refractivity contribution in [1.29, 1.82) is 5.26 Å². The van der Waals surface area contributed by atoms with Crippen LogP contribution in [0.2, 0.25) is 0 Å². The van der Waals surface area contributed by atoms with Gasteiger partial charge in [0.2, 0.25) is 11.9 Å². The molecule has 17 heteroatoms. The molecule has 1 aliphatic carbocycles. The number of rotatable bonds is 8. The second-order valence-electron chi connectivity index (χ2n) is 14.4. The molecule has 0 radical (unpaired) electrons. The third kappa shape index (κ3) is 6.31. The molecule has 2 atom stereocenters. The molecule has 3 amide bonds. The molecule has 5 aliphatic heterocycles. The van der Waals surface area contributed by atoms with Gasteiger partial charge in [0.15, 0.2) is 5.65 Å². The molecule has 8 rings (SSSR count). The summed E-state index contributed by atoms with van der Waals surface area (Å²) in [4.78, 5) is 38.2. The van der Waals surface area contributed by atoms with Crippen molar-refractivity contribution in [3.05, 3.63) is 30.2 Å². The van der Waals surface area contributed by atoms with Crippen molar-refractivity contribution in [3.8, 4) is 6.07 Å². The highest BCUT2D eigenvalue weighted by Gasteiger charge is 2.52. The van der Waals surface area contributed by atoms with E-state index in [1.165, 1.54) is 4.90 Å². The van der Waals surface area contributed by atoms with Crippen LogP contribution < -0.4 is 21.0 Å². The zero-order chi connectivity index (χ0) is 33.9. The average Bonchev–Trinajstić information content (AvgIpc) is 3.36. The van der Waals surface area contributed by atoms with Crippen LogP contribution in [-0.2, 0) is 4.79 Å². The first-order chi connectivity index (χ1) is 23.6. The fraction of sp³-hybridized carbons (Fsp3) is 0.656. The SMILES string of the molecule is N#CC1(CNC2CCN(C(=O)CN3C=C(Nc4nc5c(N6CC7CCC(C6)N7C(=O)N6CC(C(F)(F)F)C6)cccn5n4)CN3)CC2)CC1. The van der Waals surface area contributed by atoms with Crippen LogP contribution in [0.1, 0.15) is 38.5 Å². The lowest BCUT2D eigenvalue weighted by molar-refractivity contribution is -0.203. The van der Waals surface area contributed by atoms with Gasteiger partial charge in [-0.05, 0) is 50.7 Å². The Hall–Kier alpha value is -4.30. The molecule has 0 aromatic carbocycles. The number of hydrazine groups is 1. The molecule has 4 saturated heterocycles. The standard InChI is InChI=1S/C32H41F3N12O2/c33-32(34,35)21-13-44(14-21)30(49)47-24-3-4-25(47)17-43(16-24)26-2-1-9-46-28(26)40-29(41-46)39-23-12-38-45(15-23)18-27(48)42-10-5-22(6-11-42)37-20-31(19-36)7-8-31/h1-2,9,15,21-22,24-25,37-38H,3-8,10-14,16-18,20H2,(H,39,41). The summed E-state index contributed by atoms with van der Waals surface area (Å²) in [6.07, 6.45) is 4.74. The number of hydrogen-bond donors (Lipinski definition) is 3. The Balaban J connectivity index is 0.846. The Morgan fingerprint density at radius 1 is 1.06 bits per heavy atom. The summed E-state index contributed by atoms with van der Waals surface area (Å²) >= 11 is 0. The van der Waals surface area contributed by atoms with Crippen molar-refractivity contribution in [2.75, 3.05) is 69.1 Å². The fourth-order valence-electron chi connectivity index (χ4n) is 7.79. The van der Waals surface area contributed by atoms with E-state index in [-0.39, 0.29) is 49.1 Å². The van der Waals surface area contributed by atoms with E-state index in [2.05, 4.69) is 32.1 Å². The summed E-state index contributed by atoms with van der Waals surface area (Å²) in [6, 6.07) is 6.20. The monoisotopic (exact) mass is 682 g/mol. The quantitative estimate of drug-likeness (QED) is 0.379. The number of urea groups is 1. The molecule has 49 heavy (non-hydrogen) atoms. The Morgan fingerprint density at radius 3 is 2.47 bits per heavy atom. The Morgan fingerprint density at radius 2 is 1.80 bits per heavy atom. The molecule has 2 unspecified atom stereocenters. The normalized spacial score (nSPS) is 25.4. The minimum atomic E-state index is -4.27. The summed E-state index contributed by atoms with van der Waals surface area (Å²) in [5.74, 6) is -0.958. The number of nitriles is 1. The molecule has 0 spiro atoms. The zero-order valence-corrected chi connectivity index (χ0v) is 27.2. The number of alkyl halides is 3. The first-order valence-electron chi connectivity index (χ1n) is 17.2. The number of piperazine rings is 1. The Bertz CT molecular complexity index is 1660. The second kappa shape index (κ2) is 12.2. The maximum atomic E-state index is 13.2. The van der Waals surface area contributed by atoms with Gasteiger partial charge in [-0.1, -0.05) is 0 Å². The minimum Gasteiger partial charge on any atom is -0.364 e. The van der Waals surface area contributed by atoms with Gasteiger partial charge < -0.3 is 35.2 Å². The molecule has 262 valence electrons. The van der Waals surface area contributed by atoms with Crippen molar-refractivity contribution >= 4 is 29.2 Å². The molecule has 6 aliphatic rings. The molecule has 3 N–H and O–H groups in total. The number of carbonyl (C=O) groups is 2. The first-order valence-corrected chi connectivity index (χ1v) is 17.2. The number of halogens is 3. The highest BCUT2D eigenvalue weighted by Crippen LogP contribution is 2.44. The first kappa shape index (κ1) is 31.9. The predicted octanol–water partition coefficient (Wildman–Crippen LogP) is 1.95. The van der Waals surface area contributed by atoms with Gasteiger partial charge in [0.05, 0.1) is 47.4 Å². The van der Waals surface area contributed by atoms with Gasteiger partial charge in [0.25, 0.3) is 0 Å². The van der Waals surface area contributed by atoms with Gasteiger partial charge in [-0.25, -0.2) is 14.7 Å². The number of fused-ring (bicyclic) bond motifs is 3. The van der Waals surface area contributed by atoms with Gasteiger partial charge in [-0.15, -0.1) is 5.10 Å². The molecule has 2 aromatic rings. The fourth-order valence-corrected chi connectivity index (χ4v) is 7.79. The summed E-state index contributed by atoms with van der Waals surface area (Å²) in [7, 11) is 0. The number of amides is 3. The summed E-state index contributed by atoms with van der Waals surface area (Å²) in [6.45, 7) is 3.44. The summed E-state index contributed by atoms with van der Waals surface area (Å²) < 4.78 is 40.7. The van der Waals surface area contributed by atoms with Crippen LogP contribution in [0.4, 0.5) is 29.6 Å². The maximum absolute atomic E-state index is 13.2. The van der Waals surface area contributed by atoms with Crippen LogP contribution in [0.25, 0.3) is 5.65 Å². The van der Waals surface area contributed by atoms with E-state index in [9.17, 15) is 28.0 Å². The van der Waals surface area contributed by atoms with Gasteiger partial charge in [0, 0.05) is 64.3 Å². The molecular weight excluding hydrogens is 641 g/mol. The van der Waals surface area contributed by atoms with E-state index in [0.29, 0.717) is 50.4 Å². The maximum Gasteiger partial charge on any atom is 0.395 e. The van der Waals surface area contributed by atoms with Crippen molar-refractivity contribution in [2.45, 2.75) is 62.8 Å². The third-order valence-electron chi connectivity index (χ3n) is 11.0. The number of anilines is 2. The molecule has 2 bridgehead atoms. The summed E-state index contributed by atoms with van der Waals surface area (Å²) in [5.41, 5.74) is 5.44. The van der Waals surface area contributed by atoms with E-state index in [0.717, 1.165) is 56.5 Å². The predicted molar refractivity (Wildman–Crippen MR) is 172 cm³/mol. The molecule has 2 aromatic heterocycles. The van der Waals surface area contributed by atoms with Crippen molar-refractivity contribution < 1.29 is 22.8 Å². The van der Waals surface area contributed by atoms with Gasteiger partial charge >= 0.3 is 12.2 Å². The van der Waals surface area contributed by atoms with Crippen LogP contribution in [0.3, 0.4) is 0 Å². The molecular formula is C32H41F3N12O2.